The van der Waals surface area contributed by atoms with Crippen LogP contribution in [0.25, 0.3) is 0 Å². The van der Waals surface area contributed by atoms with E-state index in [0.717, 1.165) is 24.8 Å². The van der Waals surface area contributed by atoms with Crippen molar-refractivity contribution in [1.29, 1.82) is 0 Å². The molecule has 1 aliphatic rings. The minimum atomic E-state index is 0. The van der Waals surface area contributed by atoms with Crippen LogP contribution in [0.15, 0.2) is 9.52 Å². The van der Waals surface area contributed by atoms with E-state index >= 15 is 0 Å². The van der Waals surface area contributed by atoms with Crippen molar-refractivity contribution in [2.24, 2.45) is 4.99 Å². The van der Waals surface area contributed by atoms with Crippen LogP contribution in [-0.2, 0) is 6.54 Å². The van der Waals surface area contributed by atoms with E-state index in [-0.39, 0.29) is 24.0 Å². The molecular weight excluding hydrogens is 389 g/mol. The Hall–Kier alpha value is -0.510. The van der Waals surface area contributed by atoms with Crippen LogP contribution >= 0.6 is 35.7 Å². The van der Waals surface area contributed by atoms with Gasteiger partial charge >= 0.3 is 0 Å². The number of hydrogen-bond donors (Lipinski definition) is 1. The first-order valence-corrected chi connectivity index (χ1v) is 7.64. The monoisotopic (exact) mass is 411 g/mol. The number of aromatic nitrogens is 2. The zero-order valence-electron chi connectivity index (χ0n) is 12.1. The molecule has 2 rings (SSSR count). The number of aryl methyl sites for hydroxylation is 1. The SMILES string of the molecule is CCC1CN(C(=NC)NCc2nc(C)no2)CCS1.I. The number of nitrogens with one attached hydrogen (secondary N) is 1. The van der Waals surface area contributed by atoms with E-state index in [1.165, 1.54) is 6.42 Å². The lowest BCUT2D eigenvalue weighted by Crippen LogP contribution is -2.47. The lowest BCUT2D eigenvalue weighted by Gasteiger charge is -2.34. The second-order valence-electron chi connectivity index (χ2n) is 4.48. The number of halogens is 1. The second kappa shape index (κ2) is 8.71. The average molecular weight is 411 g/mol. The summed E-state index contributed by atoms with van der Waals surface area (Å²) in [6.45, 7) is 6.65. The molecule has 1 aliphatic heterocycles. The molecule has 1 atom stereocenters. The number of aliphatic imine (C=N–C) groups is 1. The summed E-state index contributed by atoms with van der Waals surface area (Å²) in [7, 11) is 1.81. The van der Waals surface area contributed by atoms with E-state index in [1.807, 2.05) is 25.7 Å². The Balaban J connectivity index is 0.00000200. The predicted octanol–water partition coefficient (Wildman–Crippen LogP) is 1.90. The van der Waals surface area contributed by atoms with Gasteiger partial charge in [0.15, 0.2) is 11.8 Å². The molecule has 0 bridgehead atoms. The minimum Gasteiger partial charge on any atom is -0.347 e. The van der Waals surface area contributed by atoms with Gasteiger partial charge in [0, 0.05) is 31.1 Å². The molecule has 1 unspecified atom stereocenters. The number of nitrogens with zero attached hydrogens (tertiary/aromatic N) is 4. The van der Waals surface area contributed by atoms with Gasteiger partial charge in [-0.05, 0) is 13.3 Å². The highest BCUT2D eigenvalue weighted by molar-refractivity contribution is 14.0. The number of rotatable bonds is 3. The fraction of sp³-hybridized carbons (Fsp3) is 0.750. The Morgan fingerprint density at radius 2 is 2.40 bits per heavy atom. The summed E-state index contributed by atoms with van der Waals surface area (Å²) in [6.07, 6.45) is 1.20. The Labute approximate surface area is 141 Å². The third-order valence-electron chi connectivity index (χ3n) is 3.07. The van der Waals surface area contributed by atoms with Gasteiger partial charge in [-0.25, -0.2) is 0 Å². The summed E-state index contributed by atoms with van der Waals surface area (Å²) >= 11 is 2.05. The molecule has 1 aromatic heterocycles. The molecule has 1 fully saturated rings. The molecule has 0 spiro atoms. The molecule has 6 nitrogen and oxygen atoms in total. The molecule has 0 aromatic carbocycles. The van der Waals surface area contributed by atoms with E-state index in [9.17, 15) is 0 Å². The van der Waals surface area contributed by atoms with Crippen LogP contribution in [0, 0.1) is 6.92 Å². The van der Waals surface area contributed by atoms with Crippen LogP contribution < -0.4 is 5.32 Å². The van der Waals surface area contributed by atoms with Crippen LogP contribution in [0.3, 0.4) is 0 Å². The van der Waals surface area contributed by atoms with Gasteiger partial charge in [-0.2, -0.15) is 16.7 Å². The summed E-state index contributed by atoms with van der Waals surface area (Å²) in [6, 6.07) is 0. The average Bonchev–Trinajstić information content (AvgIpc) is 2.85. The minimum absolute atomic E-state index is 0. The third kappa shape index (κ3) is 4.80. The first kappa shape index (κ1) is 17.5. The number of thioether (sulfide) groups is 1. The normalized spacial score (nSPS) is 19.6. The first-order valence-electron chi connectivity index (χ1n) is 6.59. The lowest BCUT2D eigenvalue weighted by molar-refractivity contribution is 0.363. The highest BCUT2D eigenvalue weighted by atomic mass is 127. The Morgan fingerprint density at radius 1 is 1.60 bits per heavy atom. The molecule has 1 saturated heterocycles. The molecule has 1 aromatic rings. The van der Waals surface area contributed by atoms with Gasteiger partial charge in [-0.1, -0.05) is 12.1 Å². The Morgan fingerprint density at radius 3 is 3.00 bits per heavy atom. The van der Waals surface area contributed by atoms with Crippen molar-refractivity contribution in [1.82, 2.24) is 20.4 Å². The van der Waals surface area contributed by atoms with Crippen molar-refractivity contribution in [3.63, 3.8) is 0 Å². The first-order chi connectivity index (χ1) is 9.22. The zero-order valence-corrected chi connectivity index (χ0v) is 15.3. The van der Waals surface area contributed by atoms with Crippen molar-refractivity contribution in [3.8, 4) is 0 Å². The summed E-state index contributed by atoms with van der Waals surface area (Å²) < 4.78 is 5.09. The van der Waals surface area contributed by atoms with Crippen molar-refractivity contribution in [3.05, 3.63) is 11.7 Å². The number of guanidine groups is 1. The van der Waals surface area contributed by atoms with E-state index in [2.05, 4.69) is 32.3 Å². The molecule has 0 radical (unpaired) electrons. The Kier molecular flexibility index (Phi) is 7.63. The van der Waals surface area contributed by atoms with Crippen molar-refractivity contribution in [2.45, 2.75) is 32.1 Å². The van der Waals surface area contributed by atoms with Crippen molar-refractivity contribution >= 4 is 41.7 Å². The molecule has 1 N–H and O–H groups in total. The third-order valence-corrected chi connectivity index (χ3v) is 4.44. The van der Waals surface area contributed by atoms with E-state index in [0.29, 0.717) is 23.5 Å². The van der Waals surface area contributed by atoms with Crippen molar-refractivity contribution < 1.29 is 4.52 Å². The quantitative estimate of drug-likeness (QED) is 0.466. The van der Waals surface area contributed by atoms with Crippen LogP contribution in [0.1, 0.15) is 25.1 Å². The van der Waals surface area contributed by atoms with Crippen LogP contribution in [0.2, 0.25) is 0 Å². The lowest BCUT2D eigenvalue weighted by atomic mass is 10.3. The largest absolute Gasteiger partial charge is 0.347 e. The number of hydrogen-bond acceptors (Lipinski definition) is 5. The highest BCUT2D eigenvalue weighted by Gasteiger charge is 2.21. The topological polar surface area (TPSA) is 66.5 Å². The maximum atomic E-state index is 5.09. The fourth-order valence-electron chi connectivity index (χ4n) is 2.06. The van der Waals surface area contributed by atoms with Gasteiger partial charge in [0.25, 0.3) is 0 Å². The van der Waals surface area contributed by atoms with E-state index < -0.39 is 0 Å². The maximum absolute atomic E-state index is 5.09. The fourth-order valence-corrected chi connectivity index (χ4v) is 3.24. The summed E-state index contributed by atoms with van der Waals surface area (Å²) in [5.74, 6) is 3.32. The van der Waals surface area contributed by atoms with Crippen LogP contribution in [-0.4, -0.2) is 52.1 Å². The standard InChI is InChI=1S/C12H21N5OS.HI/c1-4-10-8-17(5-6-19-10)12(13-3)14-7-11-15-9(2)16-18-11;/h10H,4-8H2,1-3H3,(H,13,14);1H. The van der Waals surface area contributed by atoms with Gasteiger partial charge in [-0.3, -0.25) is 4.99 Å². The molecule has 20 heavy (non-hydrogen) atoms. The highest BCUT2D eigenvalue weighted by Crippen LogP contribution is 2.20. The van der Waals surface area contributed by atoms with Gasteiger partial charge in [0.2, 0.25) is 5.89 Å². The summed E-state index contributed by atoms with van der Waals surface area (Å²) in [4.78, 5) is 10.8. The van der Waals surface area contributed by atoms with Gasteiger partial charge in [-0.15, -0.1) is 24.0 Å². The van der Waals surface area contributed by atoms with Crippen LogP contribution in [0.4, 0.5) is 0 Å². The van der Waals surface area contributed by atoms with Gasteiger partial charge in [0.1, 0.15) is 0 Å². The molecule has 8 heteroatoms. The molecule has 0 aliphatic carbocycles. The zero-order chi connectivity index (χ0) is 13.7. The van der Waals surface area contributed by atoms with E-state index in [1.54, 1.807) is 0 Å². The summed E-state index contributed by atoms with van der Waals surface area (Å²) in [5.41, 5.74) is 0. The predicted molar refractivity (Wildman–Crippen MR) is 92.8 cm³/mol. The second-order valence-corrected chi connectivity index (χ2v) is 5.89. The summed E-state index contributed by atoms with van der Waals surface area (Å²) in [5, 5.41) is 7.75. The Bertz CT molecular complexity index is 439. The van der Waals surface area contributed by atoms with Crippen molar-refractivity contribution in [2.75, 3.05) is 25.9 Å². The van der Waals surface area contributed by atoms with Crippen LogP contribution in [0.5, 0.6) is 0 Å². The maximum Gasteiger partial charge on any atom is 0.246 e. The molecule has 0 saturated carbocycles. The molecule has 0 amide bonds. The molecule has 2 heterocycles. The van der Waals surface area contributed by atoms with E-state index in [4.69, 9.17) is 4.52 Å². The smallest absolute Gasteiger partial charge is 0.246 e. The van der Waals surface area contributed by atoms with Gasteiger partial charge < -0.3 is 14.7 Å². The van der Waals surface area contributed by atoms with Gasteiger partial charge in [0.05, 0.1) is 6.54 Å². The molecule has 114 valence electrons. The molecular formula is C12H22IN5OS.